The highest BCUT2D eigenvalue weighted by Crippen LogP contribution is 2.18. The Kier molecular flexibility index (Phi) is 2.16. The summed E-state index contributed by atoms with van der Waals surface area (Å²) in [6.45, 7) is 0. The van der Waals surface area contributed by atoms with Crippen molar-refractivity contribution in [3.63, 3.8) is 0 Å². The molecule has 0 bridgehead atoms. The van der Waals surface area contributed by atoms with Gasteiger partial charge in [0.1, 0.15) is 5.76 Å². The van der Waals surface area contributed by atoms with E-state index >= 15 is 0 Å². The fraction of sp³-hybridized carbons (Fsp3) is 0.167. The summed E-state index contributed by atoms with van der Waals surface area (Å²) in [5.41, 5.74) is 5.20. The van der Waals surface area contributed by atoms with Crippen molar-refractivity contribution in [2.24, 2.45) is 5.73 Å². The van der Waals surface area contributed by atoms with Gasteiger partial charge in [-0.05, 0) is 23.7 Å². The normalized spacial score (nSPS) is 12.9. The van der Waals surface area contributed by atoms with E-state index in [2.05, 4.69) is 0 Å². The summed E-state index contributed by atoms with van der Waals surface area (Å²) < 4.78 is 4.77. The number of hydrogen-bond acceptors (Lipinski definition) is 3. The van der Waals surface area contributed by atoms with E-state index in [0.717, 1.165) is 0 Å². The topological polar surface area (TPSA) is 76.5 Å². The maximum atomic E-state index is 10.3. The molecule has 3 N–H and O–H groups in total. The zero-order valence-corrected chi connectivity index (χ0v) is 6.21. The minimum Gasteiger partial charge on any atom is -0.480 e. The molecule has 1 heterocycles. The minimum atomic E-state index is -1.14. The third-order valence-corrected chi connectivity index (χ3v) is 1.37. The van der Waals surface area contributed by atoms with Crippen LogP contribution < -0.4 is 5.73 Å². The van der Waals surface area contributed by atoms with Gasteiger partial charge < -0.3 is 15.3 Å². The Bertz CT molecular complexity index is 271. The van der Waals surface area contributed by atoms with Gasteiger partial charge in [0.05, 0.1) is 0 Å². The summed E-state index contributed by atoms with van der Waals surface area (Å²) in [7, 11) is 0. The molecule has 0 aliphatic carbocycles. The molecule has 0 spiro atoms. The second-order valence-electron chi connectivity index (χ2n) is 1.96. The van der Waals surface area contributed by atoms with Crippen molar-refractivity contribution < 1.29 is 14.3 Å². The Morgan fingerprint density at radius 2 is 2.36 bits per heavy atom. The van der Waals surface area contributed by atoms with Crippen molar-refractivity contribution in [3.8, 4) is 0 Å². The van der Waals surface area contributed by atoms with Gasteiger partial charge in [0.2, 0.25) is 0 Å². The van der Waals surface area contributed by atoms with Gasteiger partial charge in [-0.15, -0.1) is 0 Å². The van der Waals surface area contributed by atoms with Gasteiger partial charge in [-0.25, -0.2) is 0 Å². The van der Waals surface area contributed by atoms with E-state index in [0.29, 0.717) is 0 Å². The van der Waals surface area contributed by atoms with Crippen LogP contribution in [0.3, 0.4) is 0 Å². The zero-order valence-electron chi connectivity index (χ0n) is 5.45. The Balaban J connectivity index is 2.84. The van der Waals surface area contributed by atoms with Gasteiger partial charge in [0, 0.05) is 0 Å². The van der Waals surface area contributed by atoms with Crippen LogP contribution in [-0.4, -0.2) is 11.1 Å². The quantitative estimate of drug-likeness (QED) is 0.704. The van der Waals surface area contributed by atoms with Crippen molar-refractivity contribution in [3.05, 3.63) is 23.1 Å². The first-order chi connectivity index (χ1) is 5.11. The first kappa shape index (κ1) is 8.10. The van der Waals surface area contributed by atoms with Crippen molar-refractivity contribution in [2.75, 3.05) is 0 Å². The van der Waals surface area contributed by atoms with Crippen LogP contribution in [0.15, 0.2) is 16.5 Å². The molecule has 1 aromatic rings. The monoisotopic (exact) mass is 175 g/mol. The smallest absolute Gasteiger partial charge is 0.328 e. The second-order valence-corrected chi connectivity index (χ2v) is 2.33. The lowest BCUT2D eigenvalue weighted by atomic mass is 10.2. The summed E-state index contributed by atoms with van der Waals surface area (Å²) in [6.07, 6.45) is 0. The largest absolute Gasteiger partial charge is 0.480 e. The molecule has 60 valence electrons. The summed E-state index contributed by atoms with van der Waals surface area (Å²) in [6, 6.07) is 1.74. The highest BCUT2D eigenvalue weighted by atomic mass is 35.5. The maximum absolute atomic E-state index is 10.3. The molecule has 0 saturated heterocycles. The molecule has 0 aliphatic heterocycles. The van der Waals surface area contributed by atoms with Gasteiger partial charge in [-0.1, -0.05) is 0 Å². The summed E-state index contributed by atoms with van der Waals surface area (Å²) in [5, 5.41) is 8.55. The number of aliphatic carboxylic acids is 1. The average molecular weight is 176 g/mol. The third kappa shape index (κ3) is 1.72. The molecule has 11 heavy (non-hydrogen) atoms. The number of hydrogen-bond donors (Lipinski definition) is 2. The summed E-state index contributed by atoms with van der Waals surface area (Å²) in [4.78, 5) is 10.3. The van der Waals surface area contributed by atoms with Crippen molar-refractivity contribution >= 4 is 17.6 Å². The molecular formula is C6H6ClNO3. The summed E-state index contributed by atoms with van der Waals surface area (Å²) >= 11 is 5.39. The lowest BCUT2D eigenvalue weighted by Gasteiger charge is -1.99. The van der Waals surface area contributed by atoms with Crippen LogP contribution in [-0.2, 0) is 4.79 Å². The van der Waals surface area contributed by atoms with Gasteiger partial charge in [-0.2, -0.15) is 0 Å². The predicted octanol–water partition coefficient (Wildman–Crippen LogP) is 1.02. The number of nitrogens with two attached hydrogens (primary N) is 1. The van der Waals surface area contributed by atoms with Crippen LogP contribution in [0.25, 0.3) is 0 Å². The lowest BCUT2D eigenvalue weighted by Crippen LogP contribution is -2.19. The number of furan rings is 1. The van der Waals surface area contributed by atoms with Crippen LogP contribution >= 0.6 is 11.6 Å². The fourth-order valence-electron chi connectivity index (χ4n) is 0.617. The summed E-state index contributed by atoms with van der Waals surface area (Å²) in [5.74, 6) is -0.987. The van der Waals surface area contributed by atoms with E-state index < -0.39 is 12.0 Å². The average Bonchev–Trinajstić information content (AvgIpc) is 2.34. The molecule has 0 radical (unpaired) electrons. The van der Waals surface area contributed by atoms with Crippen molar-refractivity contribution in [1.29, 1.82) is 0 Å². The second kappa shape index (κ2) is 2.94. The van der Waals surface area contributed by atoms with E-state index in [4.69, 9.17) is 26.9 Å². The molecule has 5 heteroatoms. The molecule has 1 rings (SSSR count). The Labute approximate surface area is 67.6 Å². The van der Waals surface area contributed by atoms with Gasteiger partial charge >= 0.3 is 5.97 Å². The zero-order chi connectivity index (χ0) is 8.43. The van der Waals surface area contributed by atoms with Gasteiger partial charge in [0.15, 0.2) is 11.3 Å². The molecule has 0 amide bonds. The van der Waals surface area contributed by atoms with Crippen LogP contribution in [0.5, 0.6) is 0 Å². The molecule has 0 fully saturated rings. The van der Waals surface area contributed by atoms with E-state index in [1.807, 2.05) is 0 Å². The van der Waals surface area contributed by atoms with Crippen LogP contribution in [0.1, 0.15) is 11.8 Å². The minimum absolute atomic E-state index is 0.136. The molecule has 1 aromatic heterocycles. The Hall–Kier alpha value is -1.00. The molecule has 1 atom stereocenters. The van der Waals surface area contributed by atoms with E-state index in [9.17, 15) is 4.79 Å². The molecule has 0 aliphatic rings. The molecule has 0 unspecified atom stereocenters. The first-order valence-electron chi connectivity index (χ1n) is 2.85. The van der Waals surface area contributed by atoms with Crippen LogP contribution in [0, 0.1) is 0 Å². The highest BCUT2D eigenvalue weighted by molar-refractivity contribution is 6.28. The SMILES string of the molecule is N[C@H](C(=O)O)c1ccc(Cl)o1. The molecular weight excluding hydrogens is 170 g/mol. The van der Waals surface area contributed by atoms with E-state index in [1.165, 1.54) is 12.1 Å². The van der Waals surface area contributed by atoms with Gasteiger partial charge in [0.25, 0.3) is 0 Å². The third-order valence-electron chi connectivity index (χ3n) is 1.17. The maximum Gasteiger partial charge on any atom is 0.328 e. The van der Waals surface area contributed by atoms with Crippen LogP contribution in [0.2, 0.25) is 5.22 Å². The highest BCUT2D eigenvalue weighted by Gasteiger charge is 2.17. The van der Waals surface area contributed by atoms with E-state index in [-0.39, 0.29) is 11.0 Å². The van der Waals surface area contributed by atoms with Gasteiger partial charge in [-0.3, -0.25) is 4.79 Å². The Morgan fingerprint density at radius 3 is 2.73 bits per heavy atom. The number of rotatable bonds is 2. The number of halogens is 1. The molecule has 0 saturated carbocycles. The van der Waals surface area contributed by atoms with Crippen molar-refractivity contribution in [2.45, 2.75) is 6.04 Å². The number of carbonyl (C=O) groups is 1. The Morgan fingerprint density at radius 1 is 1.73 bits per heavy atom. The molecule has 0 aromatic carbocycles. The standard InChI is InChI=1S/C6H6ClNO3/c7-4-2-1-3(11-4)5(8)6(9)10/h1-2,5H,8H2,(H,9,10)/t5-/m0/s1. The number of carboxylic acid groups (broad SMARTS) is 1. The number of carboxylic acids is 1. The molecule has 4 nitrogen and oxygen atoms in total. The van der Waals surface area contributed by atoms with Crippen LogP contribution in [0.4, 0.5) is 0 Å². The van der Waals surface area contributed by atoms with Crippen molar-refractivity contribution in [1.82, 2.24) is 0 Å². The van der Waals surface area contributed by atoms with E-state index in [1.54, 1.807) is 0 Å². The predicted molar refractivity (Wildman–Crippen MR) is 38.3 cm³/mol. The first-order valence-corrected chi connectivity index (χ1v) is 3.22. The lowest BCUT2D eigenvalue weighted by molar-refractivity contribution is -0.139. The fourth-order valence-corrected chi connectivity index (χ4v) is 0.769.